The molecule has 2 aromatic carbocycles. The number of rotatable bonds is 3. The van der Waals surface area contributed by atoms with E-state index in [1.165, 1.54) is 11.1 Å². The van der Waals surface area contributed by atoms with Gasteiger partial charge in [-0.25, -0.2) is 4.68 Å². The van der Waals surface area contributed by atoms with Crippen molar-refractivity contribution in [1.29, 1.82) is 0 Å². The van der Waals surface area contributed by atoms with E-state index < -0.39 is 0 Å². The fourth-order valence-corrected chi connectivity index (χ4v) is 3.27. The van der Waals surface area contributed by atoms with Crippen molar-refractivity contribution in [3.63, 3.8) is 0 Å². The zero-order valence-corrected chi connectivity index (χ0v) is 15.3. The average Bonchev–Trinajstić information content (AvgIpc) is 2.98. The van der Waals surface area contributed by atoms with Gasteiger partial charge in [-0.15, -0.1) is 11.3 Å². The molecule has 0 saturated carbocycles. The summed E-state index contributed by atoms with van der Waals surface area (Å²) in [5.41, 5.74) is 6.80. The van der Waals surface area contributed by atoms with Crippen molar-refractivity contribution in [2.75, 3.05) is 7.05 Å². The molecule has 0 amide bonds. The molecule has 0 aliphatic carbocycles. The van der Waals surface area contributed by atoms with E-state index in [9.17, 15) is 0 Å². The highest BCUT2D eigenvalue weighted by molar-refractivity contribution is 7.07. The fraction of sp³-hybridized carbons (Fsp3) is 0.200. The molecule has 0 fully saturated rings. The third-order valence-corrected chi connectivity index (χ3v) is 4.85. The molecule has 3 aromatic rings. The van der Waals surface area contributed by atoms with Crippen molar-refractivity contribution in [3.8, 4) is 11.3 Å². The van der Waals surface area contributed by atoms with Gasteiger partial charge in [-0.1, -0.05) is 59.7 Å². The number of benzene rings is 2. The van der Waals surface area contributed by atoms with Crippen LogP contribution in [0.15, 0.2) is 64.0 Å². The maximum absolute atomic E-state index is 4.84. The van der Waals surface area contributed by atoms with Gasteiger partial charge < -0.3 is 0 Å². The molecule has 122 valence electrons. The predicted octanol–water partition coefficient (Wildman–Crippen LogP) is 4.64. The van der Waals surface area contributed by atoms with Gasteiger partial charge in [0.05, 0.1) is 11.4 Å². The Morgan fingerprint density at radius 3 is 2.08 bits per heavy atom. The lowest BCUT2D eigenvalue weighted by atomic mass is 10.1. The smallest absolute Gasteiger partial charge is 0.205 e. The number of aryl methyl sites for hydroxylation is 2. The van der Waals surface area contributed by atoms with Crippen molar-refractivity contribution >= 4 is 17.0 Å². The Morgan fingerprint density at radius 1 is 0.917 bits per heavy atom. The van der Waals surface area contributed by atoms with Crippen LogP contribution in [0, 0.1) is 13.8 Å². The minimum atomic E-state index is 0.886. The van der Waals surface area contributed by atoms with E-state index in [4.69, 9.17) is 5.10 Å². The highest BCUT2D eigenvalue weighted by Gasteiger charge is 2.08. The Labute approximate surface area is 146 Å². The summed E-state index contributed by atoms with van der Waals surface area (Å²) in [4.78, 5) is 5.26. The van der Waals surface area contributed by atoms with Crippen LogP contribution < -0.4 is 4.80 Å². The summed E-state index contributed by atoms with van der Waals surface area (Å²) < 4.78 is 1.94. The third-order valence-electron chi connectivity index (χ3n) is 3.94. The standard InChI is InChI=1S/C20H21N3S/c1-14-5-9-17(10-6-14)16(3)22-23-19(13-24-20(23)21-4)18-11-7-15(2)8-12-18/h5-13H,1-4H3. The molecule has 0 bridgehead atoms. The lowest BCUT2D eigenvalue weighted by molar-refractivity contribution is 0.842. The van der Waals surface area contributed by atoms with Crippen LogP contribution in [0.25, 0.3) is 11.3 Å². The van der Waals surface area contributed by atoms with Gasteiger partial charge in [-0.2, -0.15) is 5.10 Å². The van der Waals surface area contributed by atoms with Crippen molar-refractivity contribution in [1.82, 2.24) is 4.68 Å². The van der Waals surface area contributed by atoms with Gasteiger partial charge in [-0.3, -0.25) is 4.99 Å². The van der Waals surface area contributed by atoms with Gasteiger partial charge in [0.15, 0.2) is 0 Å². The van der Waals surface area contributed by atoms with E-state index >= 15 is 0 Å². The Morgan fingerprint density at radius 2 is 1.50 bits per heavy atom. The Kier molecular flexibility index (Phi) is 4.76. The van der Waals surface area contributed by atoms with E-state index in [-0.39, 0.29) is 0 Å². The highest BCUT2D eigenvalue weighted by atomic mass is 32.1. The van der Waals surface area contributed by atoms with Gasteiger partial charge >= 0.3 is 0 Å². The summed E-state index contributed by atoms with van der Waals surface area (Å²) in [6, 6.07) is 16.9. The zero-order valence-electron chi connectivity index (χ0n) is 14.4. The lowest BCUT2D eigenvalue weighted by Gasteiger charge is -2.07. The second kappa shape index (κ2) is 6.97. The first-order valence-corrected chi connectivity index (χ1v) is 8.79. The van der Waals surface area contributed by atoms with E-state index in [1.54, 1.807) is 18.4 Å². The monoisotopic (exact) mass is 335 g/mol. The Hall–Kier alpha value is -2.46. The lowest BCUT2D eigenvalue weighted by Crippen LogP contribution is -2.13. The minimum Gasteiger partial charge on any atom is -0.261 e. The molecule has 0 aliphatic heterocycles. The van der Waals surface area contributed by atoms with Crippen LogP contribution in [0.3, 0.4) is 0 Å². The molecule has 1 aromatic heterocycles. The first kappa shape index (κ1) is 16.4. The molecule has 3 nitrogen and oxygen atoms in total. The number of hydrogen-bond acceptors (Lipinski definition) is 3. The first-order valence-electron chi connectivity index (χ1n) is 7.91. The molecular weight excluding hydrogens is 314 g/mol. The second-order valence-corrected chi connectivity index (χ2v) is 6.69. The van der Waals surface area contributed by atoms with Crippen LogP contribution in [0.4, 0.5) is 0 Å². The number of nitrogens with zero attached hydrogens (tertiary/aromatic N) is 3. The summed E-state index contributed by atoms with van der Waals surface area (Å²) in [7, 11) is 1.80. The van der Waals surface area contributed by atoms with Crippen molar-refractivity contribution in [3.05, 3.63) is 75.4 Å². The minimum absolute atomic E-state index is 0.886. The van der Waals surface area contributed by atoms with Gasteiger partial charge in [0.1, 0.15) is 0 Å². The Balaban J connectivity index is 2.10. The van der Waals surface area contributed by atoms with Gasteiger partial charge in [0.25, 0.3) is 0 Å². The summed E-state index contributed by atoms with van der Waals surface area (Å²) in [5.74, 6) is 0. The maximum atomic E-state index is 4.84. The number of thiazole rings is 1. The number of hydrogen-bond donors (Lipinski definition) is 0. The van der Waals surface area contributed by atoms with Crippen LogP contribution in [-0.4, -0.2) is 17.4 Å². The van der Waals surface area contributed by atoms with Gasteiger partial charge in [0.2, 0.25) is 4.80 Å². The van der Waals surface area contributed by atoms with Crippen molar-refractivity contribution in [2.45, 2.75) is 20.8 Å². The third kappa shape index (κ3) is 3.39. The summed E-state index contributed by atoms with van der Waals surface area (Å²) in [6.45, 7) is 6.22. The van der Waals surface area contributed by atoms with Crippen molar-refractivity contribution in [2.24, 2.45) is 10.1 Å². The quantitative estimate of drug-likeness (QED) is 0.624. The Bertz CT molecular complexity index is 926. The molecule has 1 heterocycles. The highest BCUT2D eigenvalue weighted by Crippen LogP contribution is 2.21. The van der Waals surface area contributed by atoms with E-state index in [0.717, 1.165) is 27.3 Å². The van der Waals surface area contributed by atoms with Gasteiger partial charge in [-0.05, 0) is 26.3 Å². The topological polar surface area (TPSA) is 29.6 Å². The zero-order chi connectivity index (χ0) is 17.1. The molecule has 0 N–H and O–H groups in total. The normalized spacial score (nSPS) is 12.7. The molecule has 0 unspecified atom stereocenters. The SMILES string of the molecule is CN=c1scc(-c2ccc(C)cc2)n1N=C(C)c1ccc(C)cc1. The molecule has 0 saturated heterocycles. The molecular formula is C20H21N3S. The van der Waals surface area contributed by atoms with E-state index in [0.29, 0.717) is 0 Å². The van der Waals surface area contributed by atoms with Crippen LogP contribution in [0.5, 0.6) is 0 Å². The molecule has 0 aliphatic rings. The maximum Gasteiger partial charge on any atom is 0.205 e. The average molecular weight is 335 g/mol. The molecule has 0 radical (unpaired) electrons. The molecule has 3 rings (SSSR count). The number of aromatic nitrogens is 1. The van der Waals surface area contributed by atoms with Crippen LogP contribution in [0.1, 0.15) is 23.6 Å². The van der Waals surface area contributed by atoms with Crippen molar-refractivity contribution < 1.29 is 0 Å². The molecule has 24 heavy (non-hydrogen) atoms. The molecule has 0 spiro atoms. The fourth-order valence-electron chi connectivity index (χ4n) is 2.47. The first-order chi connectivity index (χ1) is 11.6. The molecule has 0 atom stereocenters. The largest absolute Gasteiger partial charge is 0.261 e. The summed E-state index contributed by atoms with van der Waals surface area (Å²) >= 11 is 1.60. The second-order valence-electron chi connectivity index (χ2n) is 5.86. The predicted molar refractivity (Wildman–Crippen MR) is 103 cm³/mol. The van der Waals surface area contributed by atoms with E-state index in [1.807, 2.05) is 11.6 Å². The van der Waals surface area contributed by atoms with Crippen LogP contribution in [-0.2, 0) is 0 Å². The van der Waals surface area contributed by atoms with E-state index in [2.05, 4.69) is 72.8 Å². The molecule has 4 heteroatoms. The summed E-state index contributed by atoms with van der Waals surface area (Å²) in [6.07, 6.45) is 0. The summed E-state index contributed by atoms with van der Waals surface area (Å²) in [5, 5.41) is 6.95. The van der Waals surface area contributed by atoms with Gasteiger partial charge in [0, 0.05) is 18.0 Å². The van der Waals surface area contributed by atoms with Crippen LogP contribution >= 0.6 is 11.3 Å². The van der Waals surface area contributed by atoms with Crippen LogP contribution in [0.2, 0.25) is 0 Å².